The highest BCUT2D eigenvalue weighted by atomic mass is 16.3. The summed E-state index contributed by atoms with van der Waals surface area (Å²) in [6.07, 6.45) is 2.60. The maximum atomic E-state index is 11.2. The number of furan rings is 1. The van der Waals surface area contributed by atoms with Gasteiger partial charge in [-0.05, 0) is 18.1 Å². The third-order valence-corrected chi connectivity index (χ3v) is 3.13. The molecule has 0 amide bonds. The number of benzene rings is 1. The van der Waals surface area contributed by atoms with Gasteiger partial charge in [0.25, 0.3) is 0 Å². The third-order valence-electron chi connectivity index (χ3n) is 3.13. The summed E-state index contributed by atoms with van der Waals surface area (Å²) in [5, 5.41) is 5.49. The van der Waals surface area contributed by atoms with Gasteiger partial charge in [0, 0.05) is 18.1 Å². The number of para-hydroxylation sites is 1. The molecule has 4 heteroatoms. The zero-order valence-corrected chi connectivity index (χ0v) is 11.5. The van der Waals surface area contributed by atoms with Crippen molar-refractivity contribution in [2.24, 2.45) is 5.92 Å². The summed E-state index contributed by atoms with van der Waals surface area (Å²) in [7, 11) is 0. The Labute approximate surface area is 117 Å². The summed E-state index contributed by atoms with van der Waals surface area (Å²) >= 11 is 0. The molecule has 2 aromatic heterocycles. The maximum absolute atomic E-state index is 11.2. The Kier molecular flexibility index (Phi) is 3.14. The lowest BCUT2D eigenvalue weighted by Gasteiger charge is -2.03. The van der Waals surface area contributed by atoms with Gasteiger partial charge in [0.1, 0.15) is 11.3 Å². The van der Waals surface area contributed by atoms with Gasteiger partial charge in [0.2, 0.25) is 0 Å². The molecule has 20 heavy (non-hydrogen) atoms. The number of nitrogens with zero attached hydrogens (tertiary/aromatic N) is 2. The molecule has 2 heterocycles. The van der Waals surface area contributed by atoms with Crippen LogP contribution in [0.4, 0.5) is 0 Å². The van der Waals surface area contributed by atoms with Crippen LogP contribution in [-0.2, 0) is 6.54 Å². The van der Waals surface area contributed by atoms with E-state index in [-0.39, 0.29) is 0 Å². The van der Waals surface area contributed by atoms with E-state index in [2.05, 4.69) is 18.9 Å². The number of fused-ring (bicyclic) bond motifs is 1. The quantitative estimate of drug-likeness (QED) is 0.677. The lowest BCUT2D eigenvalue weighted by molar-refractivity contribution is 0.112. The first kappa shape index (κ1) is 12.7. The molecule has 0 fully saturated rings. The van der Waals surface area contributed by atoms with Crippen molar-refractivity contribution in [3.63, 3.8) is 0 Å². The lowest BCUT2D eigenvalue weighted by atomic mass is 10.2. The SMILES string of the molecule is CC(C)Cn1cc(C=O)c(-c2cc3ccccc3o2)n1. The van der Waals surface area contributed by atoms with Crippen molar-refractivity contribution in [3.8, 4) is 11.5 Å². The summed E-state index contributed by atoms with van der Waals surface area (Å²) in [6, 6.07) is 9.69. The fraction of sp³-hybridized carbons (Fsp3) is 0.250. The highest BCUT2D eigenvalue weighted by Gasteiger charge is 2.15. The van der Waals surface area contributed by atoms with Crippen molar-refractivity contribution in [1.29, 1.82) is 0 Å². The van der Waals surface area contributed by atoms with Crippen LogP contribution in [0.15, 0.2) is 40.9 Å². The molecular weight excluding hydrogens is 252 g/mol. The van der Waals surface area contributed by atoms with E-state index in [4.69, 9.17) is 4.42 Å². The van der Waals surface area contributed by atoms with Crippen molar-refractivity contribution in [2.45, 2.75) is 20.4 Å². The van der Waals surface area contributed by atoms with Gasteiger partial charge in [-0.2, -0.15) is 5.10 Å². The molecule has 0 spiro atoms. The monoisotopic (exact) mass is 268 g/mol. The van der Waals surface area contributed by atoms with E-state index in [1.54, 1.807) is 10.9 Å². The van der Waals surface area contributed by atoms with Crippen LogP contribution in [0.25, 0.3) is 22.4 Å². The number of aldehydes is 1. The van der Waals surface area contributed by atoms with E-state index in [0.717, 1.165) is 23.8 Å². The van der Waals surface area contributed by atoms with Crippen molar-refractivity contribution in [2.75, 3.05) is 0 Å². The van der Waals surface area contributed by atoms with Gasteiger partial charge < -0.3 is 4.42 Å². The summed E-state index contributed by atoms with van der Waals surface area (Å²) in [6.45, 7) is 5.01. The van der Waals surface area contributed by atoms with Crippen molar-refractivity contribution in [1.82, 2.24) is 9.78 Å². The predicted molar refractivity (Wildman–Crippen MR) is 77.7 cm³/mol. The van der Waals surface area contributed by atoms with Gasteiger partial charge in [-0.3, -0.25) is 9.48 Å². The van der Waals surface area contributed by atoms with Crippen LogP contribution in [0.3, 0.4) is 0 Å². The van der Waals surface area contributed by atoms with Crippen molar-refractivity contribution >= 4 is 17.3 Å². The van der Waals surface area contributed by atoms with Gasteiger partial charge in [-0.15, -0.1) is 0 Å². The average molecular weight is 268 g/mol. The van der Waals surface area contributed by atoms with Gasteiger partial charge >= 0.3 is 0 Å². The van der Waals surface area contributed by atoms with Crippen LogP contribution in [0.1, 0.15) is 24.2 Å². The van der Waals surface area contributed by atoms with Gasteiger partial charge in [-0.25, -0.2) is 0 Å². The molecule has 0 atom stereocenters. The van der Waals surface area contributed by atoms with Crippen molar-refractivity contribution < 1.29 is 9.21 Å². The molecule has 3 aromatic rings. The summed E-state index contributed by atoms with van der Waals surface area (Å²) in [4.78, 5) is 11.2. The molecule has 0 aliphatic rings. The summed E-state index contributed by atoms with van der Waals surface area (Å²) in [5.74, 6) is 1.11. The van der Waals surface area contributed by atoms with Crippen LogP contribution in [-0.4, -0.2) is 16.1 Å². The van der Waals surface area contributed by atoms with E-state index >= 15 is 0 Å². The first-order valence-electron chi connectivity index (χ1n) is 6.69. The summed E-state index contributed by atoms with van der Waals surface area (Å²) < 4.78 is 7.58. The van der Waals surface area contributed by atoms with Gasteiger partial charge in [-0.1, -0.05) is 32.0 Å². The van der Waals surface area contributed by atoms with E-state index in [9.17, 15) is 4.79 Å². The lowest BCUT2D eigenvalue weighted by Crippen LogP contribution is -2.04. The van der Waals surface area contributed by atoms with Crippen LogP contribution < -0.4 is 0 Å². The zero-order chi connectivity index (χ0) is 14.1. The Balaban J connectivity index is 2.07. The first-order chi connectivity index (χ1) is 9.67. The first-order valence-corrected chi connectivity index (χ1v) is 6.69. The smallest absolute Gasteiger partial charge is 0.156 e. The molecule has 102 valence electrons. The number of carbonyl (C=O) groups is 1. The number of aromatic nitrogens is 2. The van der Waals surface area contributed by atoms with Crippen LogP contribution in [0, 0.1) is 5.92 Å². The molecule has 0 saturated carbocycles. The molecular formula is C16H16N2O2. The molecule has 0 saturated heterocycles. The van der Waals surface area contributed by atoms with E-state index in [0.29, 0.717) is 22.9 Å². The Morgan fingerprint density at radius 1 is 1.35 bits per heavy atom. The molecule has 1 aromatic carbocycles. The molecule has 4 nitrogen and oxygen atoms in total. The Morgan fingerprint density at radius 3 is 2.85 bits per heavy atom. The van der Waals surface area contributed by atoms with E-state index in [1.807, 2.05) is 30.3 Å². The minimum atomic E-state index is 0.470. The largest absolute Gasteiger partial charge is 0.454 e. The van der Waals surface area contributed by atoms with E-state index < -0.39 is 0 Å². The maximum Gasteiger partial charge on any atom is 0.156 e. The number of rotatable bonds is 4. The van der Waals surface area contributed by atoms with Crippen LogP contribution in [0.5, 0.6) is 0 Å². The van der Waals surface area contributed by atoms with Crippen molar-refractivity contribution in [3.05, 3.63) is 42.1 Å². The molecule has 0 aliphatic carbocycles. The topological polar surface area (TPSA) is 48.0 Å². The molecule has 3 rings (SSSR count). The van der Waals surface area contributed by atoms with E-state index in [1.165, 1.54) is 0 Å². The standard InChI is InChI=1S/C16H16N2O2/c1-11(2)8-18-9-13(10-19)16(17-18)15-7-12-5-3-4-6-14(12)20-15/h3-7,9-11H,8H2,1-2H3. The fourth-order valence-corrected chi connectivity index (χ4v) is 2.28. The second-order valence-electron chi connectivity index (χ2n) is 5.32. The Bertz CT molecular complexity index is 720. The third kappa shape index (κ3) is 2.25. The number of hydrogen-bond donors (Lipinski definition) is 0. The second-order valence-corrected chi connectivity index (χ2v) is 5.32. The van der Waals surface area contributed by atoms with Gasteiger partial charge in [0.05, 0.1) is 5.56 Å². The normalized spacial score (nSPS) is 11.3. The molecule has 0 aliphatic heterocycles. The predicted octanol–water partition coefficient (Wildman–Crippen LogP) is 3.76. The number of hydrogen-bond acceptors (Lipinski definition) is 3. The van der Waals surface area contributed by atoms with Crippen LogP contribution in [0.2, 0.25) is 0 Å². The van der Waals surface area contributed by atoms with Gasteiger partial charge in [0.15, 0.2) is 12.0 Å². The minimum absolute atomic E-state index is 0.470. The second kappa shape index (κ2) is 4.96. The molecule has 0 bridgehead atoms. The average Bonchev–Trinajstić information content (AvgIpc) is 3.00. The highest BCUT2D eigenvalue weighted by Crippen LogP contribution is 2.28. The molecule has 0 radical (unpaired) electrons. The fourth-order valence-electron chi connectivity index (χ4n) is 2.28. The minimum Gasteiger partial charge on any atom is -0.454 e. The Morgan fingerprint density at radius 2 is 2.15 bits per heavy atom. The zero-order valence-electron chi connectivity index (χ0n) is 11.5. The molecule has 0 unspecified atom stereocenters. The van der Waals surface area contributed by atoms with Crippen LogP contribution >= 0.6 is 0 Å². The molecule has 0 N–H and O–H groups in total. The summed E-state index contributed by atoms with van der Waals surface area (Å²) in [5.41, 5.74) is 1.97. The highest BCUT2D eigenvalue weighted by molar-refractivity contribution is 5.88. The number of carbonyl (C=O) groups excluding carboxylic acids is 1. The Hall–Kier alpha value is -2.36.